The van der Waals surface area contributed by atoms with Crippen molar-refractivity contribution in [3.8, 4) is 17.1 Å². The second kappa shape index (κ2) is 6.89. The first-order chi connectivity index (χ1) is 12.4. The summed E-state index contributed by atoms with van der Waals surface area (Å²) in [6, 6.07) is 6.67. The number of halogens is 1. The van der Waals surface area contributed by atoms with E-state index < -0.39 is 5.97 Å². The molecular weight excluding hydrogens is 360 g/mol. The topological polar surface area (TPSA) is 128 Å². The number of aryl methyl sites for hydroxylation is 1. The number of pyridine rings is 1. The van der Waals surface area contributed by atoms with E-state index in [1.54, 1.807) is 36.3 Å². The highest BCUT2D eigenvalue weighted by atomic mass is 35.5. The van der Waals surface area contributed by atoms with Crippen LogP contribution in [0.1, 0.15) is 10.4 Å². The molecule has 0 saturated heterocycles. The number of benzene rings is 1. The van der Waals surface area contributed by atoms with Crippen molar-refractivity contribution < 1.29 is 14.6 Å². The number of hydrogen-bond acceptors (Lipinski definition) is 7. The number of nitrogens with zero attached hydrogens (tertiary/aromatic N) is 4. The van der Waals surface area contributed by atoms with Crippen molar-refractivity contribution in [2.45, 2.75) is 0 Å². The van der Waals surface area contributed by atoms with E-state index in [4.69, 9.17) is 22.1 Å². The first kappa shape index (κ1) is 17.5. The predicted molar refractivity (Wildman–Crippen MR) is 96.9 cm³/mol. The Morgan fingerprint density at radius 2 is 2.15 bits per heavy atom. The number of rotatable bonds is 5. The maximum absolute atomic E-state index is 11.5. The van der Waals surface area contributed by atoms with Gasteiger partial charge in [0, 0.05) is 13.1 Å². The lowest BCUT2D eigenvalue weighted by molar-refractivity contribution is 0.0699. The van der Waals surface area contributed by atoms with Crippen LogP contribution >= 0.6 is 11.6 Å². The summed E-state index contributed by atoms with van der Waals surface area (Å²) in [6.45, 7) is 0. The molecule has 9 nitrogen and oxygen atoms in total. The minimum atomic E-state index is -1.23. The average Bonchev–Trinajstić information content (AvgIpc) is 3.00. The number of carboxylic acids is 1. The number of carboxylic acid groups (broad SMARTS) is 1. The third kappa shape index (κ3) is 3.24. The van der Waals surface area contributed by atoms with Gasteiger partial charge in [0.25, 0.3) is 0 Å². The molecule has 0 aliphatic rings. The van der Waals surface area contributed by atoms with Gasteiger partial charge in [-0.2, -0.15) is 5.10 Å². The normalized spacial score (nSPS) is 10.6. The van der Waals surface area contributed by atoms with Crippen LogP contribution in [-0.4, -0.2) is 37.9 Å². The summed E-state index contributed by atoms with van der Waals surface area (Å²) in [4.78, 5) is 19.5. The number of anilines is 3. The minimum absolute atomic E-state index is 0.0662. The van der Waals surface area contributed by atoms with E-state index >= 15 is 0 Å². The third-order valence-corrected chi connectivity index (χ3v) is 3.75. The van der Waals surface area contributed by atoms with E-state index in [-0.39, 0.29) is 22.2 Å². The van der Waals surface area contributed by atoms with Crippen molar-refractivity contribution in [3.63, 3.8) is 0 Å². The number of hydrogen-bond donors (Lipinski definition) is 3. The van der Waals surface area contributed by atoms with E-state index in [1.165, 1.54) is 13.2 Å². The molecule has 0 bridgehead atoms. The van der Waals surface area contributed by atoms with Crippen LogP contribution in [0.3, 0.4) is 0 Å². The molecule has 0 spiro atoms. The quantitative estimate of drug-likeness (QED) is 0.581. The van der Waals surface area contributed by atoms with Crippen molar-refractivity contribution in [1.82, 2.24) is 19.7 Å². The van der Waals surface area contributed by atoms with Crippen molar-refractivity contribution in [2.24, 2.45) is 7.05 Å². The molecule has 0 radical (unpaired) electrons. The van der Waals surface area contributed by atoms with Crippen molar-refractivity contribution in [1.29, 1.82) is 0 Å². The highest BCUT2D eigenvalue weighted by Crippen LogP contribution is 2.37. The number of ether oxygens (including phenoxy) is 1. The van der Waals surface area contributed by atoms with Crippen LogP contribution in [0.15, 0.2) is 30.6 Å². The number of para-hydroxylation sites is 1. The van der Waals surface area contributed by atoms with Gasteiger partial charge in [-0.1, -0.05) is 17.7 Å². The number of aromatic carboxylic acids is 1. The van der Waals surface area contributed by atoms with Gasteiger partial charge in [-0.15, -0.1) is 0 Å². The molecule has 2 heterocycles. The zero-order valence-corrected chi connectivity index (χ0v) is 14.7. The molecule has 0 unspecified atom stereocenters. The van der Waals surface area contributed by atoms with Crippen LogP contribution in [0.4, 0.5) is 17.2 Å². The van der Waals surface area contributed by atoms with Crippen molar-refractivity contribution >= 4 is 34.8 Å². The number of nitrogens with one attached hydrogen (secondary N) is 1. The van der Waals surface area contributed by atoms with Gasteiger partial charge in [-0.25, -0.2) is 14.8 Å². The lowest BCUT2D eigenvalue weighted by Crippen LogP contribution is -2.09. The van der Waals surface area contributed by atoms with Gasteiger partial charge in [-0.3, -0.25) is 4.68 Å². The Labute approximate surface area is 153 Å². The lowest BCUT2D eigenvalue weighted by Gasteiger charge is -2.16. The zero-order valence-electron chi connectivity index (χ0n) is 13.9. The Morgan fingerprint density at radius 3 is 2.77 bits per heavy atom. The molecule has 10 heteroatoms. The van der Waals surface area contributed by atoms with E-state index in [9.17, 15) is 9.90 Å². The fourth-order valence-electron chi connectivity index (χ4n) is 2.50. The number of aromatic nitrogens is 4. The molecule has 3 aromatic rings. The summed E-state index contributed by atoms with van der Waals surface area (Å²) >= 11 is 5.92. The van der Waals surface area contributed by atoms with Crippen molar-refractivity contribution in [2.75, 3.05) is 18.2 Å². The van der Waals surface area contributed by atoms with E-state index in [2.05, 4.69) is 20.4 Å². The molecule has 4 N–H and O–H groups in total. The molecule has 0 aliphatic heterocycles. The predicted octanol–water partition coefficient (Wildman–Crippen LogP) is 2.56. The van der Waals surface area contributed by atoms with Gasteiger partial charge in [0.15, 0.2) is 11.6 Å². The molecule has 26 heavy (non-hydrogen) atoms. The first-order valence-corrected chi connectivity index (χ1v) is 7.78. The Bertz CT molecular complexity index is 988. The molecule has 2 aromatic heterocycles. The average molecular weight is 375 g/mol. The van der Waals surface area contributed by atoms with E-state index in [1.807, 2.05) is 0 Å². The van der Waals surface area contributed by atoms with Gasteiger partial charge < -0.3 is 20.9 Å². The monoisotopic (exact) mass is 374 g/mol. The van der Waals surface area contributed by atoms with Crippen LogP contribution in [0, 0.1) is 0 Å². The first-order valence-electron chi connectivity index (χ1n) is 7.40. The molecule has 0 fully saturated rings. The Morgan fingerprint density at radius 1 is 1.38 bits per heavy atom. The Kier molecular flexibility index (Phi) is 4.63. The fourth-order valence-corrected chi connectivity index (χ4v) is 2.70. The molecule has 0 saturated carbocycles. The summed E-state index contributed by atoms with van der Waals surface area (Å²) < 4.78 is 7.06. The molecule has 134 valence electrons. The number of methoxy groups -OCH3 is 1. The SMILES string of the molecule is COc1c(Nc2cc(Cl)nc(N)c2C(=O)O)cccc1-c1ncn(C)n1. The molecule has 0 amide bonds. The summed E-state index contributed by atoms with van der Waals surface area (Å²) in [5, 5.41) is 16.8. The molecule has 1 aromatic carbocycles. The number of nitrogens with two attached hydrogens (primary N) is 1. The molecular formula is C16H15ClN6O3. The van der Waals surface area contributed by atoms with Gasteiger partial charge in [0.05, 0.1) is 24.0 Å². The Hall–Kier alpha value is -3.33. The number of nitrogen functional groups attached to an aromatic ring is 1. The summed E-state index contributed by atoms with van der Waals surface area (Å²) in [5.74, 6) is -0.495. The lowest BCUT2D eigenvalue weighted by atomic mass is 10.1. The fraction of sp³-hybridized carbons (Fsp3) is 0.125. The van der Waals surface area contributed by atoms with Crippen LogP contribution in [-0.2, 0) is 7.05 Å². The maximum atomic E-state index is 11.5. The Balaban J connectivity index is 2.11. The summed E-state index contributed by atoms with van der Waals surface area (Å²) in [6.07, 6.45) is 1.57. The third-order valence-electron chi connectivity index (χ3n) is 3.56. The van der Waals surface area contributed by atoms with Crippen LogP contribution < -0.4 is 15.8 Å². The second-order valence-electron chi connectivity index (χ2n) is 5.31. The van der Waals surface area contributed by atoms with Gasteiger partial charge in [-0.05, 0) is 12.1 Å². The van der Waals surface area contributed by atoms with Crippen LogP contribution in [0.25, 0.3) is 11.4 Å². The summed E-state index contributed by atoms with van der Waals surface area (Å²) in [5.41, 5.74) is 6.86. The molecule has 0 aliphatic carbocycles. The largest absolute Gasteiger partial charge is 0.494 e. The van der Waals surface area contributed by atoms with Crippen LogP contribution in [0.2, 0.25) is 5.15 Å². The van der Waals surface area contributed by atoms with Crippen molar-refractivity contribution in [3.05, 3.63) is 41.3 Å². The highest BCUT2D eigenvalue weighted by molar-refractivity contribution is 6.30. The maximum Gasteiger partial charge on any atom is 0.341 e. The van der Waals surface area contributed by atoms with Gasteiger partial charge in [0.1, 0.15) is 22.9 Å². The minimum Gasteiger partial charge on any atom is -0.494 e. The molecule has 0 atom stereocenters. The molecule has 3 rings (SSSR count). The van der Waals surface area contributed by atoms with Gasteiger partial charge >= 0.3 is 5.97 Å². The number of carbonyl (C=O) groups is 1. The smallest absolute Gasteiger partial charge is 0.341 e. The van der Waals surface area contributed by atoms with Gasteiger partial charge in [0.2, 0.25) is 0 Å². The van der Waals surface area contributed by atoms with Crippen LogP contribution in [0.5, 0.6) is 5.75 Å². The highest BCUT2D eigenvalue weighted by Gasteiger charge is 2.20. The van der Waals surface area contributed by atoms with E-state index in [0.717, 1.165) is 0 Å². The second-order valence-corrected chi connectivity index (χ2v) is 5.70. The zero-order chi connectivity index (χ0) is 18.8. The van der Waals surface area contributed by atoms with E-state index in [0.29, 0.717) is 22.8 Å². The summed E-state index contributed by atoms with van der Waals surface area (Å²) in [7, 11) is 3.25. The standard InChI is InChI=1S/C16H15ClN6O3/c1-23-7-19-15(22-23)8-4-3-5-9(13(8)26-2)20-10-6-11(17)21-14(18)12(10)16(24)25/h3-7H,1-2H3,(H,24,25)(H3,18,20,21).